The maximum atomic E-state index is 6.19. The Hall–Kier alpha value is -1.39. The summed E-state index contributed by atoms with van der Waals surface area (Å²) in [6.07, 6.45) is 1.47. The van der Waals surface area contributed by atoms with Crippen molar-refractivity contribution in [3.63, 3.8) is 0 Å². The van der Waals surface area contributed by atoms with Gasteiger partial charge in [-0.2, -0.15) is 5.10 Å². The average molecular weight is 298 g/mol. The summed E-state index contributed by atoms with van der Waals surface area (Å²) in [5.74, 6) is 1.22. The van der Waals surface area contributed by atoms with E-state index in [4.69, 9.17) is 33.7 Å². The summed E-state index contributed by atoms with van der Waals surface area (Å²) in [6, 6.07) is 5.45. The highest BCUT2D eigenvalue weighted by atomic mass is 35.5. The van der Waals surface area contributed by atoms with Gasteiger partial charge in [-0.15, -0.1) is 0 Å². The molecule has 3 rings (SSSR count). The number of halogens is 2. The van der Waals surface area contributed by atoms with Gasteiger partial charge in [0.1, 0.15) is 0 Å². The minimum atomic E-state index is 0.480. The second-order valence-electron chi connectivity index (χ2n) is 4.47. The van der Waals surface area contributed by atoms with Crippen molar-refractivity contribution in [2.75, 3.05) is 12.3 Å². The Morgan fingerprint density at radius 3 is 2.74 bits per heavy atom. The number of rotatable bonds is 2. The zero-order chi connectivity index (χ0) is 13.4. The number of aryl methyl sites for hydroxylation is 1. The quantitative estimate of drug-likeness (QED) is 0.926. The molecular formula is C13H13Cl2N3O. The van der Waals surface area contributed by atoms with Crippen LogP contribution in [0.25, 0.3) is 0 Å². The van der Waals surface area contributed by atoms with Gasteiger partial charge < -0.3 is 10.5 Å². The monoisotopic (exact) mass is 297 g/mol. The maximum absolute atomic E-state index is 6.19. The van der Waals surface area contributed by atoms with Crippen LogP contribution in [0.15, 0.2) is 18.2 Å². The van der Waals surface area contributed by atoms with Crippen LogP contribution >= 0.6 is 23.2 Å². The number of nitrogen functional groups attached to an aromatic ring is 1. The van der Waals surface area contributed by atoms with Crippen molar-refractivity contribution in [3.8, 4) is 5.88 Å². The summed E-state index contributed by atoms with van der Waals surface area (Å²) < 4.78 is 7.47. The molecule has 0 unspecified atom stereocenters. The molecule has 0 aliphatic carbocycles. The van der Waals surface area contributed by atoms with Crippen LogP contribution in [0, 0.1) is 0 Å². The molecule has 1 aromatic carbocycles. The van der Waals surface area contributed by atoms with Crippen LogP contribution in [0.4, 0.5) is 5.82 Å². The van der Waals surface area contributed by atoms with Crippen molar-refractivity contribution in [2.45, 2.75) is 19.4 Å². The maximum Gasteiger partial charge on any atom is 0.217 e. The average Bonchev–Trinajstić information content (AvgIpc) is 2.70. The largest absolute Gasteiger partial charge is 0.477 e. The second-order valence-corrected chi connectivity index (χ2v) is 5.29. The number of aromatic nitrogens is 2. The highest BCUT2D eigenvalue weighted by molar-refractivity contribution is 6.36. The molecule has 1 aromatic heterocycles. The van der Waals surface area contributed by atoms with Crippen molar-refractivity contribution in [2.24, 2.45) is 0 Å². The van der Waals surface area contributed by atoms with E-state index in [-0.39, 0.29) is 0 Å². The second kappa shape index (κ2) is 4.94. The number of fused-ring (bicyclic) bond motifs is 1. The molecule has 4 nitrogen and oxygen atoms in total. The molecule has 0 atom stereocenters. The minimum absolute atomic E-state index is 0.480. The van der Waals surface area contributed by atoms with E-state index in [1.165, 1.54) is 0 Å². The summed E-state index contributed by atoms with van der Waals surface area (Å²) in [7, 11) is 0. The molecule has 0 saturated heterocycles. The van der Waals surface area contributed by atoms with E-state index < -0.39 is 0 Å². The molecule has 2 N–H and O–H groups in total. The van der Waals surface area contributed by atoms with Crippen LogP contribution in [-0.2, 0) is 13.0 Å². The molecule has 0 amide bonds. The summed E-state index contributed by atoms with van der Waals surface area (Å²) in [4.78, 5) is 0. The SMILES string of the molecule is Nc1nn2c(c1Cc1c(Cl)cccc1Cl)OCCC2. The lowest BCUT2D eigenvalue weighted by Crippen LogP contribution is -2.15. The number of nitrogens with zero attached hydrogens (tertiary/aromatic N) is 2. The van der Waals surface area contributed by atoms with Crippen LogP contribution in [0.2, 0.25) is 10.0 Å². The molecule has 19 heavy (non-hydrogen) atoms. The Balaban J connectivity index is 2.02. The summed E-state index contributed by atoms with van der Waals surface area (Å²) >= 11 is 12.4. The normalized spacial score (nSPS) is 14.0. The highest BCUT2D eigenvalue weighted by Gasteiger charge is 2.22. The number of ether oxygens (including phenoxy) is 1. The number of nitrogens with two attached hydrogens (primary N) is 1. The summed E-state index contributed by atoms with van der Waals surface area (Å²) in [5, 5.41) is 5.54. The molecular weight excluding hydrogens is 285 g/mol. The molecule has 0 bridgehead atoms. The van der Waals surface area contributed by atoms with Gasteiger partial charge in [-0.05, 0) is 17.7 Å². The first-order chi connectivity index (χ1) is 9.16. The van der Waals surface area contributed by atoms with E-state index in [1.54, 1.807) is 4.68 Å². The Bertz CT molecular complexity index is 604. The van der Waals surface area contributed by atoms with Gasteiger partial charge in [-0.25, -0.2) is 4.68 Å². The fourth-order valence-electron chi connectivity index (χ4n) is 2.24. The summed E-state index contributed by atoms with van der Waals surface area (Å²) in [5.41, 5.74) is 7.68. The third-order valence-corrected chi connectivity index (χ3v) is 3.91. The van der Waals surface area contributed by atoms with Gasteiger partial charge >= 0.3 is 0 Å². The van der Waals surface area contributed by atoms with Crippen molar-refractivity contribution in [3.05, 3.63) is 39.4 Å². The van der Waals surface area contributed by atoms with Gasteiger partial charge in [0.15, 0.2) is 5.82 Å². The molecule has 0 saturated carbocycles. The standard InChI is InChI=1S/C13H13Cl2N3O/c14-10-3-1-4-11(15)8(10)7-9-12(16)17-18-5-2-6-19-13(9)18/h1,3-4H,2,5-7H2,(H2,16,17). The van der Waals surface area contributed by atoms with E-state index in [1.807, 2.05) is 18.2 Å². The third-order valence-electron chi connectivity index (χ3n) is 3.20. The summed E-state index contributed by atoms with van der Waals surface area (Å²) in [6.45, 7) is 1.52. The van der Waals surface area contributed by atoms with E-state index in [0.717, 1.165) is 30.0 Å². The number of hydrogen-bond acceptors (Lipinski definition) is 3. The molecule has 100 valence electrons. The zero-order valence-electron chi connectivity index (χ0n) is 10.2. The number of anilines is 1. The van der Waals surface area contributed by atoms with Crippen LogP contribution in [-0.4, -0.2) is 16.4 Å². The minimum Gasteiger partial charge on any atom is -0.477 e. The lowest BCUT2D eigenvalue weighted by Gasteiger charge is -2.16. The first-order valence-corrected chi connectivity index (χ1v) is 6.83. The number of benzene rings is 1. The van der Waals surface area contributed by atoms with Gasteiger partial charge in [0.2, 0.25) is 5.88 Å². The highest BCUT2D eigenvalue weighted by Crippen LogP contribution is 2.34. The van der Waals surface area contributed by atoms with E-state index >= 15 is 0 Å². The Kier molecular flexibility index (Phi) is 3.29. The van der Waals surface area contributed by atoms with Crippen LogP contribution < -0.4 is 10.5 Å². The van der Waals surface area contributed by atoms with E-state index in [0.29, 0.717) is 28.9 Å². The molecule has 0 spiro atoms. The molecule has 1 aliphatic heterocycles. The zero-order valence-corrected chi connectivity index (χ0v) is 11.7. The molecule has 0 fully saturated rings. The van der Waals surface area contributed by atoms with Crippen LogP contribution in [0.5, 0.6) is 5.88 Å². The molecule has 0 radical (unpaired) electrons. The molecule has 6 heteroatoms. The van der Waals surface area contributed by atoms with Gasteiger partial charge in [0.05, 0.1) is 12.2 Å². The lowest BCUT2D eigenvalue weighted by molar-refractivity contribution is 0.228. The predicted molar refractivity (Wildman–Crippen MR) is 76.0 cm³/mol. The van der Waals surface area contributed by atoms with Crippen LogP contribution in [0.3, 0.4) is 0 Å². The van der Waals surface area contributed by atoms with Gasteiger partial charge in [0.25, 0.3) is 0 Å². The van der Waals surface area contributed by atoms with Crippen molar-refractivity contribution < 1.29 is 4.74 Å². The molecule has 2 aromatic rings. The fourth-order valence-corrected chi connectivity index (χ4v) is 2.77. The molecule has 1 aliphatic rings. The van der Waals surface area contributed by atoms with E-state index in [9.17, 15) is 0 Å². The molecule has 2 heterocycles. The third kappa shape index (κ3) is 2.26. The van der Waals surface area contributed by atoms with Gasteiger partial charge in [0, 0.05) is 29.4 Å². The smallest absolute Gasteiger partial charge is 0.217 e. The fraction of sp³-hybridized carbons (Fsp3) is 0.308. The van der Waals surface area contributed by atoms with Gasteiger partial charge in [-0.1, -0.05) is 29.3 Å². The van der Waals surface area contributed by atoms with E-state index in [2.05, 4.69) is 5.10 Å². The predicted octanol–water partition coefficient (Wildman–Crippen LogP) is 3.15. The number of hydrogen-bond donors (Lipinski definition) is 1. The topological polar surface area (TPSA) is 53.1 Å². The van der Waals surface area contributed by atoms with Crippen LogP contribution in [0.1, 0.15) is 17.5 Å². The van der Waals surface area contributed by atoms with Gasteiger partial charge in [-0.3, -0.25) is 0 Å². The van der Waals surface area contributed by atoms with Crippen molar-refractivity contribution >= 4 is 29.0 Å². The first-order valence-electron chi connectivity index (χ1n) is 6.07. The Labute approximate surface area is 121 Å². The first kappa shape index (κ1) is 12.6. The van der Waals surface area contributed by atoms with Crippen molar-refractivity contribution in [1.82, 2.24) is 9.78 Å². The van der Waals surface area contributed by atoms with Crippen molar-refractivity contribution in [1.29, 1.82) is 0 Å². The Morgan fingerprint density at radius 2 is 2.00 bits per heavy atom. The lowest BCUT2D eigenvalue weighted by atomic mass is 10.1. The Morgan fingerprint density at radius 1 is 1.26 bits per heavy atom.